The van der Waals surface area contributed by atoms with Crippen molar-refractivity contribution in [1.29, 1.82) is 0 Å². The van der Waals surface area contributed by atoms with Gasteiger partial charge in [0.25, 0.3) is 0 Å². The van der Waals surface area contributed by atoms with Gasteiger partial charge in [0.2, 0.25) is 5.95 Å². The van der Waals surface area contributed by atoms with Crippen LogP contribution in [0, 0.1) is 0 Å². The fraction of sp³-hybridized carbons (Fsp3) is 0.292. The zero-order valence-corrected chi connectivity index (χ0v) is 17.5. The fourth-order valence-electron chi connectivity index (χ4n) is 3.98. The van der Waals surface area contributed by atoms with Crippen LogP contribution in [0.15, 0.2) is 73.2 Å². The third-order valence-corrected chi connectivity index (χ3v) is 5.63. The number of fused-ring (bicyclic) bond motifs is 1. The van der Waals surface area contributed by atoms with Crippen molar-refractivity contribution < 1.29 is 9.47 Å². The molecule has 7 heteroatoms. The van der Waals surface area contributed by atoms with Crippen molar-refractivity contribution in [2.75, 3.05) is 18.6 Å². The van der Waals surface area contributed by atoms with Crippen LogP contribution < -0.4 is 4.90 Å². The Hall–Kier alpha value is -3.29. The molecule has 2 aromatic carbocycles. The van der Waals surface area contributed by atoms with Crippen LogP contribution >= 0.6 is 0 Å². The smallest absolute Gasteiger partial charge is 0.234 e. The summed E-state index contributed by atoms with van der Waals surface area (Å²) in [5, 5.41) is 4.58. The number of hydrogen-bond acceptors (Lipinski definition) is 6. The number of ether oxygens (including phenoxy) is 2. The predicted octanol–water partition coefficient (Wildman–Crippen LogP) is 4.33. The molecule has 2 atom stereocenters. The van der Waals surface area contributed by atoms with Crippen molar-refractivity contribution in [3.8, 4) is 0 Å². The van der Waals surface area contributed by atoms with Gasteiger partial charge in [0.1, 0.15) is 6.33 Å². The summed E-state index contributed by atoms with van der Waals surface area (Å²) in [5.74, 6) is 0.711. The Bertz CT molecular complexity index is 1130. The topological polar surface area (TPSA) is 64.8 Å². The van der Waals surface area contributed by atoms with Gasteiger partial charge in [-0.25, -0.2) is 9.97 Å². The van der Waals surface area contributed by atoms with Crippen LogP contribution in [0.3, 0.4) is 0 Å². The molecule has 158 valence electrons. The van der Waals surface area contributed by atoms with Crippen LogP contribution in [-0.4, -0.2) is 39.3 Å². The van der Waals surface area contributed by atoms with Gasteiger partial charge in [-0.15, -0.1) is 0 Å². The second-order valence-electron chi connectivity index (χ2n) is 7.73. The van der Waals surface area contributed by atoms with Crippen molar-refractivity contribution in [2.45, 2.75) is 31.7 Å². The molecule has 5 rings (SSSR count). The molecule has 0 radical (unpaired) electrons. The zero-order chi connectivity index (χ0) is 21.0. The number of benzene rings is 2. The van der Waals surface area contributed by atoms with Crippen LogP contribution in [0.25, 0.3) is 5.65 Å². The lowest BCUT2D eigenvalue weighted by Gasteiger charge is -2.18. The molecule has 4 aromatic rings. The van der Waals surface area contributed by atoms with E-state index in [2.05, 4.69) is 27.2 Å². The van der Waals surface area contributed by atoms with Gasteiger partial charge >= 0.3 is 0 Å². The van der Waals surface area contributed by atoms with E-state index in [0.717, 1.165) is 29.7 Å². The molecule has 2 aromatic heterocycles. The SMILES string of the molecule is CN(c1ccccc1)c1ncnc2c(C3CCC(COCc4ccccc4)O3)cnn12. The summed E-state index contributed by atoms with van der Waals surface area (Å²) in [6, 6.07) is 20.3. The van der Waals surface area contributed by atoms with Gasteiger partial charge in [0, 0.05) is 18.3 Å². The average molecular weight is 415 g/mol. The number of rotatable bonds is 7. The second kappa shape index (κ2) is 8.83. The van der Waals surface area contributed by atoms with E-state index in [9.17, 15) is 0 Å². The highest BCUT2D eigenvalue weighted by Crippen LogP contribution is 2.35. The van der Waals surface area contributed by atoms with E-state index < -0.39 is 0 Å². The summed E-state index contributed by atoms with van der Waals surface area (Å²) < 4.78 is 13.9. The number of para-hydroxylation sites is 1. The lowest BCUT2D eigenvalue weighted by atomic mass is 10.1. The van der Waals surface area contributed by atoms with Gasteiger partial charge in [-0.05, 0) is 30.5 Å². The van der Waals surface area contributed by atoms with E-state index in [1.165, 1.54) is 5.56 Å². The second-order valence-corrected chi connectivity index (χ2v) is 7.73. The standard InChI is InChI=1S/C24H25N5O2/c1-28(19-10-6-3-7-11-19)24-26-17-25-23-21(14-27-29(23)24)22-13-12-20(31-22)16-30-15-18-8-4-2-5-9-18/h2-11,14,17,20,22H,12-13,15-16H2,1H3. The first-order valence-corrected chi connectivity index (χ1v) is 10.5. The molecule has 2 unspecified atom stereocenters. The van der Waals surface area contributed by atoms with Gasteiger partial charge in [0.15, 0.2) is 5.65 Å². The van der Waals surface area contributed by atoms with Crippen LogP contribution in [0.4, 0.5) is 11.6 Å². The Morgan fingerprint density at radius 2 is 1.81 bits per heavy atom. The monoisotopic (exact) mass is 415 g/mol. The largest absolute Gasteiger partial charge is 0.374 e. The minimum absolute atomic E-state index is 0.0346. The number of nitrogens with zero attached hydrogens (tertiary/aromatic N) is 5. The van der Waals surface area contributed by atoms with Crippen molar-refractivity contribution in [2.24, 2.45) is 0 Å². The summed E-state index contributed by atoms with van der Waals surface area (Å²) >= 11 is 0. The maximum atomic E-state index is 6.28. The molecule has 0 saturated carbocycles. The van der Waals surface area contributed by atoms with E-state index in [0.29, 0.717) is 19.2 Å². The molecule has 1 saturated heterocycles. The van der Waals surface area contributed by atoms with Crippen molar-refractivity contribution in [1.82, 2.24) is 19.6 Å². The Morgan fingerprint density at radius 1 is 1.03 bits per heavy atom. The summed E-state index contributed by atoms with van der Waals surface area (Å²) in [4.78, 5) is 11.0. The molecule has 1 fully saturated rings. The minimum atomic E-state index is -0.0346. The molecule has 0 N–H and O–H groups in total. The first-order chi connectivity index (χ1) is 15.3. The van der Waals surface area contributed by atoms with E-state index in [-0.39, 0.29) is 12.2 Å². The zero-order valence-electron chi connectivity index (χ0n) is 17.5. The quantitative estimate of drug-likeness (QED) is 0.448. The van der Waals surface area contributed by atoms with E-state index in [4.69, 9.17) is 9.47 Å². The lowest BCUT2D eigenvalue weighted by Crippen LogP contribution is -2.16. The van der Waals surface area contributed by atoms with E-state index in [1.54, 1.807) is 10.8 Å². The van der Waals surface area contributed by atoms with Crippen LogP contribution in [0.2, 0.25) is 0 Å². The molecule has 0 spiro atoms. The predicted molar refractivity (Wildman–Crippen MR) is 118 cm³/mol. The molecule has 7 nitrogen and oxygen atoms in total. The van der Waals surface area contributed by atoms with Crippen LogP contribution in [0.5, 0.6) is 0 Å². The number of anilines is 2. The van der Waals surface area contributed by atoms with Crippen LogP contribution in [-0.2, 0) is 16.1 Å². The van der Waals surface area contributed by atoms with E-state index >= 15 is 0 Å². The third kappa shape index (κ3) is 4.15. The minimum Gasteiger partial charge on any atom is -0.374 e. The molecule has 0 bridgehead atoms. The fourth-order valence-corrected chi connectivity index (χ4v) is 3.98. The Labute approximate surface area is 181 Å². The number of hydrogen-bond donors (Lipinski definition) is 0. The Kier molecular flexibility index (Phi) is 5.60. The highest BCUT2D eigenvalue weighted by atomic mass is 16.5. The van der Waals surface area contributed by atoms with Gasteiger partial charge in [-0.2, -0.15) is 9.61 Å². The molecular weight excluding hydrogens is 390 g/mol. The van der Waals surface area contributed by atoms with Gasteiger partial charge in [-0.1, -0.05) is 48.5 Å². The average Bonchev–Trinajstić information content (AvgIpc) is 3.47. The van der Waals surface area contributed by atoms with Gasteiger partial charge in [-0.3, -0.25) is 0 Å². The molecule has 0 aliphatic carbocycles. The first-order valence-electron chi connectivity index (χ1n) is 10.5. The summed E-state index contributed by atoms with van der Waals surface area (Å²) in [6.45, 7) is 1.19. The van der Waals surface area contributed by atoms with Gasteiger partial charge in [0.05, 0.1) is 31.6 Å². The maximum absolute atomic E-state index is 6.28. The van der Waals surface area contributed by atoms with Crippen molar-refractivity contribution in [3.05, 3.63) is 84.3 Å². The highest BCUT2D eigenvalue weighted by molar-refractivity contribution is 5.60. The molecule has 0 amide bonds. The molecule has 3 heterocycles. The summed E-state index contributed by atoms with van der Waals surface area (Å²) in [6.07, 6.45) is 5.37. The molecule has 1 aliphatic heterocycles. The maximum Gasteiger partial charge on any atom is 0.234 e. The summed E-state index contributed by atoms with van der Waals surface area (Å²) in [5.41, 5.74) is 3.98. The molecular formula is C24H25N5O2. The van der Waals surface area contributed by atoms with Crippen molar-refractivity contribution in [3.63, 3.8) is 0 Å². The third-order valence-electron chi connectivity index (χ3n) is 5.63. The first kappa shape index (κ1) is 19.7. The molecule has 31 heavy (non-hydrogen) atoms. The normalized spacial score (nSPS) is 18.5. The Morgan fingerprint density at radius 3 is 2.61 bits per heavy atom. The van der Waals surface area contributed by atoms with Crippen molar-refractivity contribution >= 4 is 17.3 Å². The Balaban J connectivity index is 1.28. The van der Waals surface area contributed by atoms with Crippen LogP contribution in [0.1, 0.15) is 30.1 Å². The van der Waals surface area contributed by atoms with E-state index in [1.807, 2.05) is 66.7 Å². The highest BCUT2D eigenvalue weighted by Gasteiger charge is 2.30. The summed E-state index contributed by atoms with van der Waals surface area (Å²) in [7, 11) is 1.98. The lowest BCUT2D eigenvalue weighted by molar-refractivity contribution is -0.0201. The number of aromatic nitrogens is 4. The molecule has 1 aliphatic rings. The van der Waals surface area contributed by atoms with Gasteiger partial charge < -0.3 is 14.4 Å².